The van der Waals surface area contributed by atoms with Crippen molar-refractivity contribution in [2.75, 3.05) is 13.2 Å². The summed E-state index contributed by atoms with van der Waals surface area (Å²) in [5.41, 5.74) is 0. The van der Waals surface area contributed by atoms with E-state index < -0.39 is 6.10 Å². The zero-order chi connectivity index (χ0) is 45.8. The Labute approximate surface area is 387 Å². The molecule has 0 aromatic heterocycles. The van der Waals surface area contributed by atoms with Gasteiger partial charge in [-0.1, -0.05) is 246 Å². The lowest BCUT2D eigenvalue weighted by Gasteiger charge is -2.18. The van der Waals surface area contributed by atoms with Crippen LogP contribution in [0.5, 0.6) is 0 Å². The molecule has 0 fully saturated rings. The largest absolute Gasteiger partial charge is 0.462 e. The molecule has 0 heterocycles. The summed E-state index contributed by atoms with van der Waals surface area (Å²) in [7, 11) is 0. The van der Waals surface area contributed by atoms with Crippen molar-refractivity contribution in [1.82, 2.24) is 0 Å². The summed E-state index contributed by atoms with van der Waals surface area (Å²) in [5.74, 6) is -0.970. The molecule has 0 N–H and O–H groups in total. The van der Waals surface area contributed by atoms with Crippen molar-refractivity contribution in [3.8, 4) is 0 Å². The first-order valence-electron chi connectivity index (χ1n) is 25.5. The molecule has 1 atom stereocenters. The van der Waals surface area contributed by atoms with Gasteiger partial charge in [0, 0.05) is 19.3 Å². The van der Waals surface area contributed by atoms with Gasteiger partial charge in [0.15, 0.2) is 6.10 Å². The van der Waals surface area contributed by atoms with E-state index in [0.717, 1.165) is 96.3 Å². The number of carbonyl (C=O) groups excluding carboxylic acids is 3. The van der Waals surface area contributed by atoms with Crippen molar-refractivity contribution in [2.45, 2.75) is 219 Å². The molecule has 0 rings (SSSR count). The maximum atomic E-state index is 12.8. The average molecular weight is 873 g/mol. The Bertz CT molecular complexity index is 1330. The molecule has 0 saturated heterocycles. The maximum absolute atomic E-state index is 12.8. The fourth-order valence-electron chi connectivity index (χ4n) is 6.71. The second-order valence-electron chi connectivity index (χ2n) is 16.5. The fourth-order valence-corrected chi connectivity index (χ4v) is 6.71. The summed E-state index contributed by atoms with van der Waals surface area (Å²) < 4.78 is 16.7. The van der Waals surface area contributed by atoms with Crippen LogP contribution in [-0.2, 0) is 28.6 Å². The number of allylic oxidation sites excluding steroid dienone is 18. The molecule has 0 radical (unpaired) electrons. The van der Waals surface area contributed by atoms with Crippen LogP contribution in [0.3, 0.4) is 0 Å². The van der Waals surface area contributed by atoms with Crippen LogP contribution in [0.4, 0.5) is 0 Å². The molecule has 6 nitrogen and oxygen atoms in total. The van der Waals surface area contributed by atoms with E-state index in [1.807, 2.05) is 60.8 Å². The second-order valence-corrected chi connectivity index (χ2v) is 16.5. The summed E-state index contributed by atoms with van der Waals surface area (Å²) in [6, 6.07) is 0. The highest BCUT2D eigenvalue weighted by Gasteiger charge is 2.19. The van der Waals surface area contributed by atoms with E-state index in [2.05, 4.69) is 69.4 Å². The Morgan fingerprint density at radius 3 is 0.984 bits per heavy atom. The van der Waals surface area contributed by atoms with Crippen LogP contribution in [0.1, 0.15) is 213 Å². The van der Waals surface area contributed by atoms with Crippen molar-refractivity contribution in [2.24, 2.45) is 0 Å². The third kappa shape index (κ3) is 49.0. The smallest absolute Gasteiger partial charge is 0.306 e. The molecule has 0 spiro atoms. The number of hydrogen-bond donors (Lipinski definition) is 0. The first kappa shape index (κ1) is 59.1. The van der Waals surface area contributed by atoms with Crippen LogP contribution < -0.4 is 0 Å². The van der Waals surface area contributed by atoms with Crippen molar-refractivity contribution >= 4 is 17.9 Å². The van der Waals surface area contributed by atoms with E-state index >= 15 is 0 Å². The molecule has 0 aliphatic carbocycles. The lowest BCUT2D eigenvalue weighted by Crippen LogP contribution is -2.30. The van der Waals surface area contributed by atoms with Gasteiger partial charge in [-0.05, 0) is 57.8 Å². The van der Waals surface area contributed by atoms with Crippen LogP contribution in [0.25, 0.3) is 0 Å². The summed E-state index contributed by atoms with van der Waals surface area (Å²) in [6.45, 7) is 6.30. The minimum Gasteiger partial charge on any atom is -0.462 e. The maximum Gasteiger partial charge on any atom is 0.306 e. The monoisotopic (exact) mass is 873 g/mol. The van der Waals surface area contributed by atoms with Crippen molar-refractivity contribution in [3.63, 3.8) is 0 Å². The Morgan fingerprint density at radius 2 is 0.619 bits per heavy atom. The zero-order valence-corrected chi connectivity index (χ0v) is 40.5. The van der Waals surface area contributed by atoms with Crippen LogP contribution >= 0.6 is 0 Å². The topological polar surface area (TPSA) is 78.9 Å². The molecular weight excluding hydrogens is 781 g/mol. The Morgan fingerprint density at radius 1 is 0.333 bits per heavy atom. The van der Waals surface area contributed by atoms with E-state index in [4.69, 9.17) is 14.2 Å². The first-order valence-corrected chi connectivity index (χ1v) is 25.5. The second kappa shape index (κ2) is 50.7. The number of esters is 3. The first-order chi connectivity index (χ1) is 31.0. The molecule has 356 valence electrons. The SMILES string of the molecule is CC\C=C/C=C\C=C/C=C\C=C\C=C/CCCCCC(=O)OCC(COC(=O)CCCCCCC\C=C/C=C\C=C/CC)OC(=O)CCCCCCCCCCCCCCCCC. The minimum atomic E-state index is -0.804. The number of unbranched alkanes of at least 4 members (excludes halogenated alkanes) is 22. The van der Waals surface area contributed by atoms with Crippen molar-refractivity contribution in [1.29, 1.82) is 0 Å². The normalized spacial score (nSPS) is 13.0. The van der Waals surface area contributed by atoms with E-state index in [9.17, 15) is 14.4 Å². The zero-order valence-electron chi connectivity index (χ0n) is 40.5. The van der Waals surface area contributed by atoms with E-state index in [1.54, 1.807) is 0 Å². The Hall–Kier alpha value is -3.93. The molecule has 0 bridgehead atoms. The van der Waals surface area contributed by atoms with Crippen LogP contribution in [0, 0.1) is 0 Å². The van der Waals surface area contributed by atoms with Crippen LogP contribution in [0.15, 0.2) is 109 Å². The Kier molecular flexibility index (Phi) is 47.5. The van der Waals surface area contributed by atoms with E-state index in [0.29, 0.717) is 19.3 Å². The summed E-state index contributed by atoms with van der Waals surface area (Å²) in [4.78, 5) is 38.0. The van der Waals surface area contributed by atoms with E-state index in [1.165, 1.54) is 77.0 Å². The van der Waals surface area contributed by atoms with Gasteiger partial charge in [0.05, 0.1) is 0 Å². The van der Waals surface area contributed by atoms with Crippen molar-refractivity contribution in [3.05, 3.63) is 109 Å². The highest BCUT2D eigenvalue weighted by molar-refractivity contribution is 5.71. The summed E-state index contributed by atoms with van der Waals surface area (Å²) >= 11 is 0. The third-order valence-electron chi connectivity index (χ3n) is 10.5. The lowest BCUT2D eigenvalue weighted by molar-refractivity contribution is -0.167. The van der Waals surface area contributed by atoms with Gasteiger partial charge in [0.2, 0.25) is 0 Å². The van der Waals surface area contributed by atoms with Crippen LogP contribution in [-0.4, -0.2) is 37.2 Å². The minimum absolute atomic E-state index is 0.104. The van der Waals surface area contributed by atoms with Crippen LogP contribution in [0.2, 0.25) is 0 Å². The molecule has 0 aromatic carbocycles. The quantitative estimate of drug-likeness (QED) is 0.0263. The van der Waals surface area contributed by atoms with Gasteiger partial charge in [-0.15, -0.1) is 0 Å². The van der Waals surface area contributed by atoms with E-state index in [-0.39, 0.29) is 31.1 Å². The van der Waals surface area contributed by atoms with Gasteiger partial charge < -0.3 is 14.2 Å². The fraction of sp³-hybridized carbons (Fsp3) is 0.632. The van der Waals surface area contributed by atoms with Gasteiger partial charge in [0.1, 0.15) is 13.2 Å². The Balaban J connectivity index is 4.51. The van der Waals surface area contributed by atoms with Gasteiger partial charge in [-0.3, -0.25) is 14.4 Å². The summed E-state index contributed by atoms with van der Waals surface area (Å²) in [6.07, 6.45) is 67.8. The summed E-state index contributed by atoms with van der Waals surface area (Å²) in [5, 5.41) is 0. The van der Waals surface area contributed by atoms with Gasteiger partial charge >= 0.3 is 17.9 Å². The molecule has 0 aromatic rings. The van der Waals surface area contributed by atoms with Crippen molar-refractivity contribution < 1.29 is 28.6 Å². The lowest BCUT2D eigenvalue weighted by atomic mass is 10.0. The molecule has 63 heavy (non-hydrogen) atoms. The number of carbonyl (C=O) groups is 3. The predicted octanol–water partition coefficient (Wildman–Crippen LogP) is 16.8. The molecule has 0 saturated carbocycles. The highest BCUT2D eigenvalue weighted by Crippen LogP contribution is 2.15. The van der Waals surface area contributed by atoms with Gasteiger partial charge in [-0.2, -0.15) is 0 Å². The number of hydrogen-bond acceptors (Lipinski definition) is 6. The predicted molar refractivity (Wildman–Crippen MR) is 270 cm³/mol. The molecule has 0 aliphatic heterocycles. The molecule has 0 amide bonds. The van der Waals surface area contributed by atoms with Gasteiger partial charge in [0.25, 0.3) is 0 Å². The third-order valence-corrected chi connectivity index (χ3v) is 10.5. The average Bonchev–Trinajstić information content (AvgIpc) is 3.28. The number of rotatable bonds is 44. The number of ether oxygens (including phenoxy) is 3. The molecular formula is C57H92O6. The standard InChI is InChI=1S/C57H92O6/c1-4-7-10-13-16-19-22-25-27-28-30-32-35-38-41-44-47-50-56(59)62-53-54(52-61-55(58)49-46-43-40-37-34-31-24-21-18-15-12-9-6-3)63-57(60)51-48-45-42-39-36-33-29-26-23-20-17-14-11-8-5-2/h7,9-10,12-13,15-16,18-19,21-22,24-25,27-28,30,32,35,54H,4-6,8,11,14,17,20,23,26,29,31,33-34,36-53H2,1-3H3/b10-7-,12-9-,16-13-,18-15-,22-19-,24-21-,27-25-,30-28+,35-32-. The highest BCUT2D eigenvalue weighted by atomic mass is 16.6. The molecule has 6 heteroatoms. The van der Waals surface area contributed by atoms with Gasteiger partial charge in [-0.25, -0.2) is 0 Å². The molecule has 1 unspecified atom stereocenters. The molecule has 0 aliphatic rings.